The quantitative estimate of drug-likeness (QED) is 0.384. The molecule has 1 nitrogen and oxygen atoms in total. The third-order valence-electron chi connectivity index (χ3n) is 13.9. The number of fused-ring (bicyclic) bond motifs is 7. The molecule has 5 aliphatic carbocycles. The van der Waals surface area contributed by atoms with Crippen molar-refractivity contribution >= 4 is 6.29 Å². The van der Waals surface area contributed by atoms with Gasteiger partial charge in [-0.3, -0.25) is 0 Å². The fourth-order valence-corrected chi connectivity index (χ4v) is 11.3. The molecule has 31 heavy (non-hydrogen) atoms. The molecule has 0 aromatic heterocycles. The Hall–Kier alpha value is -0.330. The van der Waals surface area contributed by atoms with Gasteiger partial charge in [-0.15, -0.1) is 0 Å². The van der Waals surface area contributed by atoms with Crippen LogP contribution in [0.5, 0.6) is 0 Å². The van der Waals surface area contributed by atoms with Gasteiger partial charge in [-0.2, -0.15) is 0 Å². The van der Waals surface area contributed by atoms with E-state index in [2.05, 4.69) is 48.5 Å². The molecule has 0 spiro atoms. The zero-order chi connectivity index (χ0) is 22.5. The molecule has 10 atom stereocenters. The highest BCUT2D eigenvalue weighted by molar-refractivity contribution is 5.59. The van der Waals surface area contributed by atoms with Gasteiger partial charge >= 0.3 is 0 Å². The minimum Gasteiger partial charge on any atom is -0.303 e. The Bertz CT molecular complexity index is 758. The van der Waals surface area contributed by atoms with Crippen LogP contribution in [0.15, 0.2) is 0 Å². The fraction of sp³-hybridized carbons (Fsp3) is 0.967. The first kappa shape index (κ1) is 22.5. The predicted molar refractivity (Wildman–Crippen MR) is 130 cm³/mol. The maximum absolute atomic E-state index is 12.1. The van der Waals surface area contributed by atoms with Crippen LogP contribution >= 0.6 is 0 Å². The van der Waals surface area contributed by atoms with Gasteiger partial charge in [0, 0.05) is 5.41 Å². The summed E-state index contributed by atoms with van der Waals surface area (Å²) in [5, 5.41) is 0. The van der Waals surface area contributed by atoms with Crippen molar-refractivity contribution in [2.75, 3.05) is 0 Å². The van der Waals surface area contributed by atoms with Crippen LogP contribution in [0.3, 0.4) is 0 Å². The number of hydrogen-bond donors (Lipinski definition) is 0. The molecule has 0 amide bonds. The molecule has 0 saturated heterocycles. The largest absolute Gasteiger partial charge is 0.303 e. The van der Waals surface area contributed by atoms with Crippen LogP contribution in [-0.2, 0) is 4.79 Å². The lowest BCUT2D eigenvalue weighted by Crippen LogP contribution is -2.67. The van der Waals surface area contributed by atoms with Gasteiger partial charge in [-0.25, -0.2) is 0 Å². The summed E-state index contributed by atoms with van der Waals surface area (Å²) in [6, 6.07) is 0. The molecule has 0 aromatic rings. The third-order valence-corrected chi connectivity index (χ3v) is 13.9. The molecule has 0 unspecified atom stereocenters. The van der Waals surface area contributed by atoms with Crippen molar-refractivity contribution < 1.29 is 4.79 Å². The normalized spacial score (nSPS) is 61.4. The average Bonchev–Trinajstić information content (AvgIpc) is 2.73. The van der Waals surface area contributed by atoms with E-state index in [9.17, 15) is 4.79 Å². The van der Waals surface area contributed by atoms with Crippen molar-refractivity contribution in [3.63, 3.8) is 0 Å². The molecule has 0 bridgehead atoms. The highest BCUT2D eigenvalue weighted by Crippen LogP contribution is 2.78. The third kappa shape index (κ3) is 2.70. The summed E-state index contributed by atoms with van der Waals surface area (Å²) in [5.41, 5.74) is 2.28. The second kappa shape index (κ2) is 6.63. The Morgan fingerprint density at radius 2 is 1.29 bits per heavy atom. The molecule has 5 fully saturated rings. The van der Waals surface area contributed by atoms with Gasteiger partial charge in [0.05, 0.1) is 0 Å². The maximum Gasteiger partial charge on any atom is 0.125 e. The van der Waals surface area contributed by atoms with Crippen molar-refractivity contribution in [2.45, 2.75) is 126 Å². The van der Waals surface area contributed by atoms with E-state index in [1.807, 2.05) is 0 Å². The Labute approximate surface area is 192 Å². The summed E-state index contributed by atoms with van der Waals surface area (Å²) < 4.78 is 0. The zero-order valence-corrected chi connectivity index (χ0v) is 21.8. The molecule has 176 valence electrons. The molecule has 0 radical (unpaired) electrons. The highest BCUT2D eigenvalue weighted by Gasteiger charge is 2.70. The molecular weight excluding hydrogens is 376 g/mol. The Balaban J connectivity index is 1.55. The van der Waals surface area contributed by atoms with E-state index in [1.165, 1.54) is 70.5 Å². The average molecular weight is 427 g/mol. The van der Waals surface area contributed by atoms with E-state index < -0.39 is 0 Å². The molecule has 1 heteroatoms. The van der Waals surface area contributed by atoms with Crippen LogP contribution in [0, 0.1) is 56.2 Å². The van der Waals surface area contributed by atoms with Gasteiger partial charge in [0.25, 0.3) is 0 Å². The van der Waals surface area contributed by atoms with E-state index >= 15 is 0 Å². The first-order valence-corrected chi connectivity index (χ1v) is 13.8. The number of aldehydes is 1. The standard InChI is InChI=1S/C30H50O/c1-21-9-8-10-22-27(21,4)12-11-23-28(22,5)16-18-30(7)24-19-25(2,20-31)13-14-26(24,3)15-17-29(23,30)6/h20-24H,8-19H2,1-7H3/t21-,22+,23-,24+,25-,26+,27+,28-,29+,30-/m0/s1. The Kier molecular flexibility index (Phi) is 4.80. The van der Waals surface area contributed by atoms with E-state index in [1.54, 1.807) is 0 Å². The van der Waals surface area contributed by atoms with Gasteiger partial charge in [0.15, 0.2) is 0 Å². The summed E-state index contributed by atoms with van der Waals surface area (Å²) in [6.07, 6.45) is 17.8. The molecule has 0 aliphatic heterocycles. The number of rotatable bonds is 1. The maximum atomic E-state index is 12.1. The summed E-state index contributed by atoms with van der Waals surface area (Å²) in [4.78, 5) is 12.1. The lowest BCUT2D eigenvalue weighted by molar-refractivity contribution is -0.257. The van der Waals surface area contributed by atoms with Gasteiger partial charge in [-0.1, -0.05) is 61.3 Å². The van der Waals surface area contributed by atoms with E-state index in [4.69, 9.17) is 0 Å². The van der Waals surface area contributed by atoms with Crippen molar-refractivity contribution in [1.29, 1.82) is 0 Å². The molecule has 0 aromatic carbocycles. The molecule has 5 rings (SSSR count). The number of carbonyl (C=O) groups is 1. The van der Waals surface area contributed by atoms with Crippen molar-refractivity contribution in [3.8, 4) is 0 Å². The van der Waals surface area contributed by atoms with E-state index in [-0.39, 0.29) is 5.41 Å². The first-order chi connectivity index (χ1) is 14.4. The SMILES string of the molecule is C[C@H]1CCC[C@@H]2[C@]1(C)CC[C@H]1[C@@]2(C)CC[C@@]2(C)[C@@H]3C[C@@](C)(C=O)CC[C@]3(C)CC[C@]12C. The topological polar surface area (TPSA) is 17.1 Å². The second-order valence-corrected chi connectivity index (χ2v) is 15.0. The van der Waals surface area contributed by atoms with Crippen LogP contribution in [0.2, 0.25) is 0 Å². The fourth-order valence-electron chi connectivity index (χ4n) is 11.3. The highest BCUT2D eigenvalue weighted by atomic mass is 16.1. The summed E-state index contributed by atoms with van der Waals surface area (Å²) in [6.45, 7) is 18.3. The Morgan fingerprint density at radius 1 is 0.645 bits per heavy atom. The van der Waals surface area contributed by atoms with Crippen molar-refractivity contribution in [2.24, 2.45) is 56.2 Å². The molecular formula is C30H50O. The van der Waals surface area contributed by atoms with E-state index in [0.29, 0.717) is 33.0 Å². The monoisotopic (exact) mass is 426 g/mol. The van der Waals surface area contributed by atoms with Crippen LogP contribution in [0.4, 0.5) is 0 Å². The summed E-state index contributed by atoms with van der Waals surface area (Å²) in [7, 11) is 0. The van der Waals surface area contributed by atoms with Crippen LogP contribution in [0.1, 0.15) is 126 Å². The van der Waals surface area contributed by atoms with Crippen molar-refractivity contribution in [1.82, 2.24) is 0 Å². The van der Waals surface area contributed by atoms with Crippen LogP contribution in [-0.4, -0.2) is 6.29 Å². The van der Waals surface area contributed by atoms with Crippen LogP contribution in [0.25, 0.3) is 0 Å². The number of hydrogen-bond acceptors (Lipinski definition) is 1. The molecule has 0 heterocycles. The Morgan fingerprint density at radius 3 is 2.00 bits per heavy atom. The minimum atomic E-state index is -0.0872. The zero-order valence-electron chi connectivity index (χ0n) is 21.8. The van der Waals surface area contributed by atoms with E-state index in [0.717, 1.165) is 30.6 Å². The first-order valence-electron chi connectivity index (χ1n) is 13.8. The second-order valence-electron chi connectivity index (χ2n) is 15.0. The minimum absolute atomic E-state index is 0.0872. The van der Waals surface area contributed by atoms with Crippen molar-refractivity contribution in [3.05, 3.63) is 0 Å². The summed E-state index contributed by atoms with van der Waals surface area (Å²) in [5.74, 6) is 3.40. The predicted octanol–water partition coefficient (Wildman–Crippen LogP) is 8.46. The lowest BCUT2D eigenvalue weighted by atomic mass is 9.30. The number of carbonyl (C=O) groups excluding carboxylic acids is 1. The lowest BCUT2D eigenvalue weighted by Gasteiger charge is -2.74. The van der Waals surface area contributed by atoms with Gasteiger partial charge < -0.3 is 4.79 Å². The smallest absolute Gasteiger partial charge is 0.125 e. The van der Waals surface area contributed by atoms with Crippen LogP contribution < -0.4 is 0 Å². The molecule has 0 N–H and O–H groups in total. The molecule has 5 aliphatic rings. The van der Waals surface area contributed by atoms with Gasteiger partial charge in [0.2, 0.25) is 0 Å². The molecule has 5 saturated carbocycles. The van der Waals surface area contributed by atoms with Gasteiger partial charge in [0.1, 0.15) is 6.29 Å². The van der Waals surface area contributed by atoms with Gasteiger partial charge in [-0.05, 0) is 115 Å². The summed E-state index contributed by atoms with van der Waals surface area (Å²) >= 11 is 0.